The van der Waals surface area contributed by atoms with Crippen molar-refractivity contribution in [2.24, 2.45) is 10.8 Å². The molecule has 1 atom stereocenters. The van der Waals surface area contributed by atoms with Gasteiger partial charge in [0, 0.05) is 53.2 Å². The number of pyridine rings is 1. The minimum atomic E-state index is -0.684. The molecule has 3 saturated carbocycles. The molecule has 162 valence electrons. The highest BCUT2D eigenvalue weighted by Gasteiger charge is 2.72. The molecule has 1 spiro atoms. The van der Waals surface area contributed by atoms with E-state index in [1.165, 1.54) is 25.5 Å². The lowest BCUT2D eigenvalue weighted by atomic mass is 9.61. The molecule has 4 heterocycles. The molecule has 0 radical (unpaired) electrons. The van der Waals surface area contributed by atoms with E-state index >= 15 is 0 Å². The monoisotopic (exact) mass is 418 g/mol. The van der Waals surface area contributed by atoms with Gasteiger partial charge < -0.3 is 20.7 Å². The first kappa shape index (κ1) is 19.2. The molecule has 5 aliphatic rings. The highest BCUT2D eigenvalue weighted by molar-refractivity contribution is 5.87. The van der Waals surface area contributed by atoms with Crippen LogP contribution in [0.2, 0.25) is 0 Å². The van der Waals surface area contributed by atoms with Crippen LogP contribution >= 0.6 is 0 Å². The van der Waals surface area contributed by atoms with Gasteiger partial charge in [0.15, 0.2) is 0 Å². The van der Waals surface area contributed by atoms with Crippen molar-refractivity contribution in [1.29, 1.82) is 5.41 Å². The fourth-order valence-electron chi connectivity index (χ4n) is 6.18. The van der Waals surface area contributed by atoms with Crippen LogP contribution in [0.1, 0.15) is 64.1 Å². The van der Waals surface area contributed by atoms with Crippen LogP contribution in [0.25, 0.3) is 0 Å². The van der Waals surface area contributed by atoms with E-state index in [-0.39, 0.29) is 10.8 Å². The second-order valence-electron chi connectivity index (χ2n) is 11.0. The van der Waals surface area contributed by atoms with E-state index in [1.54, 1.807) is 12.5 Å². The maximum Gasteiger partial charge on any atom is 0.135 e. The summed E-state index contributed by atoms with van der Waals surface area (Å²) in [5.74, 6) is 1.61. The minimum Gasteiger partial charge on any atom is -0.390 e. The first-order chi connectivity index (χ1) is 14.7. The van der Waals surface area contributed by atoms with Gasteiger partial charge in [0.2, 0.25) is 0 Å². The van der Waals surface area contributed by atoms with Crippen molar-refractivity contribution in [3.63, 3.8) is 0 Å². The van der Waals surface area contributed by atoms with Crippen LogP contribution in [-0.2, 0) is 5.41 Å². The van der Waals surface area contributed by atoms with Crippen molar-refractivity contribution in [1.82, 2.24) is 15.0 Å². The second kappa shape index (κ2) is 5.82. The maximum atomic E-state index is 10.6. The SMILES string of the molecule is CC(C)(O)C12CC(C1)N(c1cc(Nc3cc([C@]4(C)CC45CC5)ncc3C=N)ncn1)C2. The topological polar surface area (TPSA) is 98.0 Å². The molecule has 0 unspecified atom stereocenters. The Morgan fingerprint density at radius 2 is 2.00 bits per heavy atom. The molecule has 0 aromatic carbocycles. The van der Waals surface area contributed by atoms with Crippen LogP contribution in [0, 0.1) is 16.2 Å². The smallest absolute Gasteiger partial charge is 0.135 e. The number of fused-ring (bicyclic) bond motifs is 1. The van der Waals surface area contributed by atoms with Crippen LogP contribution in [0.15, 0.2) is 24.7 Å². The fourth-order valence-corrected chi connectivity index (χ4v) is 6.18. The lowest BCUT2D eigenvalue weighted by Crippen LogP contribution is -2.50. The van der Waals surface area contributed by atoms with Gasteiger partial charge in [0.05, 0.1) is 11.3 Å². The molecule has 3 aliphatic carbocycles. The predicted molar refractivity (Wildman–Crippen MR) is 120 cm³/mol. The van der Waals surface area contributed by atoms with E-state index in [9.17, 15) is 5.11 Å². The molecule has 2 saturated heterocycles. The third-order valence-corrected chi connectivity index (χ3v) is 8.92. The van der Waals surface area contributed by atoms with E-state index in [0.29, 0.717) is 17.3 Å². The summed E-state index contributed by atoms with van der Waals surface area (Å²) in [6, 6.07) is 4.52. The predicted octanol–water partition coefficient (Wildman–Crippen LogP) is 3.79. The van der Waals surface area contributed by atoms with Gasteiger partial charge in [-0.25, -0.2) is 9.97 Å². The lowest BCUT2D eigenvalue weighted by Gasteiger charge is -2.45. The molecular weight excluding hydrogens is 388 g/mol. The summed E-state index contributed by atoms with van der Waals surface area (Å²) in [7, 11) is 0. The normalized spacial score (nSPS) is 32.0. The Labute approximate surface area is 182 Å². The van der Waals surface area contributed by atoms with E-state index in [1.807, 2.05) is 19.9 Å². The van der Waals surface area contributed by atoms with Gasteiger partial charge in [0.1, 0.15) is 18.0 Å². The number of nitrogens with one attached hydrogen (secondary N) is 2. The van der Waals surface area contributed by atoms with Crippen molar-refractivity contribution in [2.45, 2.75) is 69.9 Å². The molecule has 0 amide bonds. The number of nitrogens with zero attached hydrogens (tertiary/aromatic N) is 4. The average Bonchev–Trinajstić information content (AvgIpc) is 3.48. The van der Waals surface area contributed by atoms with E-state index in [0.717, 1.165) is 42.1 Å². The lowest BCUT2D eigenvalue weighted by molar-refractivity contribution is -0.0754. The van der Waals surface area contributed by atoms with Gasteiger partial charge in [-0.3, -0.25) is 4.98 Å². The highest BCUT2D eigenvalue weighted by atomic mass is 16.3. The zero-order valence-corrected chi connectivity index (χ0v) is 18.4. The van der Waals surface area contributed by atoms with Gasteiger partial charge in [-0.1, -0.05) is 6.92 Å². The van der Waals surface area contributed by atoms with E-state index in [4.69, 9.17) is 10.4 Å². The zero-order chi connectivity index (χ0) is 21.6. The van der Waals surface area contributed by atoms with Crippen molar-refractivity contribution in [3.8, 4) is 0 Å². The summed E-state index contributed by atoms with van der Waals surface area (Å²) in [6.45, 7) is 6.98. The Kier molecular flexibility index (Phi) is 3.60. The number of aliphatic hydroxyl groups is 1. The Morgan fingerprint density at radius 1 is 1.23 bits per heavy atom. The second-order valence-corrected chi connectivity index (χ2v) is 11.0. The Hall–Kier alpha value is -2.54. The standard InChI is InChI=1S/C24H30N6O/c1-21(2,31)24-8-16(9-24)30(13-24)20-7-19(27-14-28-20)29-17-6-18(26-11-15(17)10-25)22(3)12-23(22)4-5-23/h6-7,10-11,14,16,25,31H,4-5,8-9,12-13H2,1-3H3,(H,26,27,28,29)/t16?,22-,24?/m0/s1. The Morgan fingerprint density at radius 3 is 2.61 bits per heavy atom. The molecule has 2 aromatic heterocycles. The van der Waals surface area contributed by atoms with Crippen LogP contribution in [0.5, 0.6) is 0 Å². The third-order valence-electron chi connectivity index (χ3n) is 8.92. The summed E-state index contributed by atoms with van der Waals surface area (Å²) < 4.78 is 0. The summed E-state index contributed by atoms with van der Waals surface area (Å²) in [5, 5.41) is 21.9. The van der Waals surface area contributed by atoms with Crippen molar-refractivity contribution >= 4 is 23.5 Å². The molecule has 31 heavy (non-hydrogen) atoms. The largest absolute Gasteiger partial charge is 0.390 e. The van der Waals surface area contributed by atoms with Gasteiger partial charge >= 0.3 is 0 Å². The van der Waals surface area contributed by atoms with Crippen molar-refractivity contribution < 1.29 is 5.11 Å². The molecule has 2 aromatic rings. The van der Waals surface area contributed by atoms with Crippen molar-refractivity contribution in [3.05, 3.63) is 35.9 Å². The number of aromatic nitrogens is 3. The average molecular weight is 419 g/mol. The Bertz CT molecular complexity index is 1080. The molecule has 2 aliphatic heterocycles. The van der Waals surface area contributed by atoms with Gasteiger partial charge in [-0.05, 0) is 57.4 Å². The molecule has 3 N–H and O–H groups in total. The fraction of sp³-hybridized carbons (Fsp3) is 0.583. The highest BCUT2D eigenvalue weighted by Crippen LogP contribution is 2.78. The first-order valence-corrected chi connectivity index (χ1v) is 11.3. The number of hydrogen-bond donors (Lipinski definition) is 3. The summed E-state index contributed by atoms with van der Waals surface area (Å²) >= 11 is 0. The number of hydrogen-bond acceptors (Lipinski definition) is 7. The summed E-state index contributed by atoms with van der Waals surface area (Å²) in [5.41, 5.74) is 2.66. The molecular formula is C24H30N6O. The van der Waals surface area contributed by atoms with Crippen LogP contribution in [0.3, 0.4) is 0 Å². The maximum absolute atomic E-state index is 10.6. The Balaban J connectivity index is 1.26. The third kappa shape index (κ3) is 2.62. The molecule has 2 bridgehead atoms. The quantitative estimate of drug-likeness (QED) is 0.618. The van der Waals surface area contributed by atoms with E-state index < -0.39 is 5.60 Å². The van der Waals surface area contributed by atoms with Gasteiger partial charge in [-0.15, -0.1) is 0 Å². The van der Waals surface area contributed by atoms with Gasteiger partial charge in [-0.2, -0.15) is 0 Å². The minimum absolute atomic E-state index is 0.0396. The van der Waals surface area contributed by atoms with Crippen LogP contribution in [0.4, 0.5) is 17.3 Å². The van der Waals surface area contributed by atoms with Crippen molar-refractivity contribution in [2.75, 3.05) is 16.8 Å². The number of rotatable bonds is 6. The number of anilines is 3. The molecule has 7 nitrogen and oxygen atoms in total. The summed E-state index contributed by atoms with van der Waals surface area (Å²) in [6.07, 6.45) is 10.6. The van der Waals surface area contributed by atoms with Gasteiger partial charge in [0.25, 0.3) is 0 Å². The molecule has 7 rings (SSSR count). The van der Waals surface area contributed by atoms with Crippen LogP contribution in [-0.4, -0.2) is 44.5 Å². The molecule has 5 fully saturated rings. The zero-order valence-electron chi connectivity index (χ0n) is 18.4. The molecule has 7 heteroatoms. The first-order valence-electron chi connectivity index (χ1n) is 11.3. The van der Waals surface area contributed by atoms with E-state index in [2.05, 4.69) is 33.2 Å². The summed E-state index contributed by atoms with van der Waals surface area (Å²) in [4.78, 5) is 16.0. The van der Waals surface area contributed by atoms with Crippen LogP contribution < -0.4 is 10.2 Å².